The molecular weight excluding hydrogens is 412 g/mol. The molecule has 2 amide bonds. The van der Waals surface area contributed by atoms with Crippen molar-refractivity contribution in [1.29, 1.82) is 0 Å². The van der Waals surface area contributed by atoms with E-state index in [9.17, 15) is 9.59 Å². The van der Waals surface area contributed by atoms with Crippen LogP contribution in [0.5, 0.6) is 0 Å². The van der Waals surface area contributed by atoms with Gasteiger partial charge in [-0.3, -0.25) is 9.59 Å². The van der Waals surface area contributed by atoms with Crippen LogP contribution in [0.4, 0.5) is 0 Å². The molecule has 0 saturated carbocycles. The number of rotatable bonds is 10. The van der Waals surface area contributed by atoms with E-state index in [0.29, 0.717) is 18.9 Å². The molecular formula is C27H44N4O2. The molecule has 1 aromatic carbocycles. The van der Waals surface area contributed by atoms with Crippen molar-refractivity contribution in [3.63, 3.8) is 0 Å². The predicted molar refractivity (Wildman–Crippen MR) is 133 cm³/mol. The topological polar surface area (TPSA) is 69.9 Å². The molecule has 0 aromatic heterocycles. The molecule has 2 saturated heterocycles. The second-order valence-electron chi connectivity index (χ2n) is 10.2. The normalized spacial score (nSPS) is 18.2. The van der Waals surface area contributed by atoms with Crippen LogP contribution in [0.15, 0.2) is 24.3 Å². The van der Waals surface area contributed by atoms with Gasteiger partial charge in [0.1, 0.15) is 0 Å². The van der Waals surface area contributed by atoms with E-state index in [-0.39, 0.29) is 5.91 Å². The first-order chi connectivity index (χ1) is 15.9. The van der Waals surface area contributed by atoms with Gasteiger partial charge in [0.15, 0.2) is 0 Å². The van der Waals surface area contributed by atoms with Gasteiger partial charge in [-0.1, -0.05) is 43.5 Å². The van der Waals surface area contributed by atoms with E-state index in [4.69, 9.17) is 5.73 Å². The van der Waals surface area contributed by atoms with Crippen molar-refractivity contribution in [2.45, 2.75) is 71.4 Å². The molecule has 0 unspecified atom stereocenters. The molecule has 184 valence electrons. The fourth-order valence-electron chi connectivity index (χ4n) is 5.32. The summed E-state index contributed by atoms with van der Waals surface area (Å²) in [4.78, 5) is 30.5. The summed E-state index contributed by atoms with van der Waals surface area (Å²) in [6.45, 7) is 7.62. The minimum Gasteiger partial charge on any atom is -0.343 e. The second-order valence-corrected chi connectivity index (χ2v) is 10.2. The molecule has 3 rings (SSSR count). The van der Waals surface area contributed by atoms with E-state index < -0.39 is 0 Å². The van der Waals surface area contributed by atoms with E-state index in [0.717, 1.165) is 69.5 Å². The van der Waals surface area contributed by atoms with Gasteiger partial charge >= 0.3 is 0 Å². The van der Waals surface area contributed by atoms with Crippen LogP contribution in [0, 0.1) is 11.8 Å². The monoisotopic (exact) mass is 456 g/mol. The predicted octanol–water partition coefficient (Wildman–Crippen LogP) is 3.63. The third-order valence-corrected chi connectivity index (χ3v) is 7.67. The largest absolute Gasteiger partial charge is 0.343 e. The summed E-state index contributed by atoms with van der Waals surface area (Å²) >= 11 is 0. The number of carbonyl (C=O) groups is 2. The summed E-state index contributed by atoms with van der Waals surface area (Å²) in [5, 5.41) is 0. The molecule has 0 atom stereocenters. The smallest absolute Gasteiger partial charge is 0.223 e. The summed E-state index contributed by atoms with van der Waals surface area (Å²) < 4.78 is 0. The molecule has 2 fully saturated rings. The van der Waals surface area contributed by atoms with Crippen molar-refractivity contribution in [2.24, 2.45) is 17.6 Å². The van der Waals surface area contributed by atoms with Crippen molar-refractivity contribution in [2.75, 3.05) is 39.8 Å². The quantitative estimate of drug-likeness (QED) is 0.584. The van der Waals surface area contributed by atoms with Crippen LogP contribution in [0.3, 0.4) is 0 Å². The minimum absolute atomic E-state index is 0.221. The summed E-state index contributed by atoms with van der Waals surface area (Å²) in [6.07, 6.45) is 9.11. The Labute approximate surface area is 200 Å². The van der Waals surface area contributed by atoms with E-state index >= 15 is 0 Å². The Morgan fingerprint density at radius 3 is 1.94 bits per heavy atom. The van der Waals surface area contributed by atoms with Gasteiger partial charge in [0.2, 0.25) is 11.8 Å². The van der Waals surface area contributed by atoms with Crippen LogP contribution in [0.2, 0.25) is 0 Å². The lowest BCUT2D eigenvalue weighted by atomic mass is 9.87. The molecule has 0 aliphatic carbocycles. The third kappa shape index (κ3) is 8.42. The van der Waals surface area contributed by atoms with Crippen molar-refractivity contribution < 1.29 is 9.59 Å². The fourth-order valence-corrected chi connectivity index (χ4v) is 5.32. The summed E-state index contributed by atoms with van der Waals surface area (Å²) in [5.41, 5.74) is 8.07. The Kier molecular flexibility index (Phi) is 10.2. The first-order valence-corrected chi connectivity index (χ1v) is 12.9. The van der Waals surface area contributed by atoms with Crippen molar-refractivity contribution in [3.05, 3.63) is 35.4 Å². The van der Waals surface area contributed by atoms with Gasteiger partial charge in [0.25, 0.3) is 0 Å². The van der Waals surface area contributed by atoms with E-state index in [1.54, 1.807) is 6.92 Å². The molecule has 6 nitrogen and oxygen atoms in total. The molecule has 33 heavy (non-hydrogen) atoms. The molecule has 2 aliphatic heterocycles. The number of amides is 2. The lowest BCUT2D eigenvalue weighted by molar-refractivity contribution is -0.133. The number of nitrogens with zero attached hydrogens (tertiary/aromatic N) is 3. The standard InChI is InChI=1S/C27H44N4O2/c1-22(32)30-16-10-23(11-17-30)4-3-5-24-12-18-31(19-13-24)27(33)14-15-29(2)21-26-8-6-25(20-28)7-9-26/h6-9,23-24H,3-5,10-21,28H2,1-2H3. The summed E-state index contributed by atoms with van der Waals surface area (Å²) in [7, 11) is 2.08. The number of benzene rings is 1. The van der Waals surface area contributed by atoms with Crippen LogP contribution in [0.25, 0.3) is 0 Å². The number of nitrogens with two attached hydrogens (primary N) is 1. The van der Waals surface area contributed by atoms with Crippen LogP contribution in [-0.2, 0) is 22.7 Å². The summed E-state index contributed by atoms with van der Waals surface area (Å²) in [6, 6.07) is 8.41. The molecule has 0 radical (unpaired) electrons. The van der Waals surface area contributed by atoms with Crippen LogP contribution >= 0.6 is 0 Å². The van der Waals surface area contributed by atoms with E-state index in [1.165, 1.54) is 37.7 Å². The molecule has 0 spiro atoms. The minimum atomic E-state index is 0.221. The van der Waals surface area contributed by atoms with Crippen molar-refractivity contribution >= 4 is 11.8 Å². The van der Waals surface area contributed by atoms with Gasteiger partial charge in [-0.15, -0.1) is 0 Å². The maximum atomic E-state index is 12.7. The van der Waals surface area contributed by atoms with Crippen molar-refractivity contribution in [1.82, 2.24) is 14.7 Å². The maximum Gasteiger partial charge on any atom is 0.223 e. The zero-order chi connectivity index (χ0) is 23.6. The average molecular weight is 457 g/mol. The van der Waals surface area contributed by atoms with Crippen LogP contribution in [0.1, 0.15) is 69.4 Å². The fraction of sp³-hybridized carbons (Fsp3) is 0.704. The Morgan fingerprint density at radius 1 is 0.909 bits per heavy atom. The zero-order valence-electron chi connectivity index (χ0n) is 20.8. The number of likely N-dealkylation sites (tertiary alicyclic amines) is 2. The Hall–Kier alpha value is -1.92. The van der Waals surface area contributed by atoms with Gasteiger partial charge in [-0.25, -0.2) is 0 Å². The highest BCUT2D eigenvalue weighted by atomic mass is 16.2. The number of carbonyl (C=O) groups excluding carboxylic acids is 2. The molecule has 6 heteroatoms. The number of piperidine rings is 2. The molecule has 0 bridgehead atoms. The highest BCUT2D eigenvalue weighted by Crippen LogP contribution is 2.27. The Bertz CT molecular complexity index is 735. The third-order valence-electron chi connectivity index (χ3n) is 7.67. The first kappa shape index (κ1) is 25.7. The zero-order valence-corrected chi connectivity index (χ0v) is 20.8. The average Bonchev–Trinajstić information content (AvgIpc) is 2.84. The van der Waals surface area contributed by atoms with Crippen LogP contribution in [-0.4, -0.2) is 66.3 Å². The van der Waals surface area contributed by atoms with Crippen molar-refractivity contribution in [3.8, 4) is 0 Å². The molecule has 2 N–H and O–H groups in total. The lowest BCUT2D eigenvalue weighted by Crippen LogP contribution is -2.39. The van der Waals surface area contributed by atoms with Crippen LogP contribution < -0.4 is 5.73 Å². The molecule has 2 heterocycles. The highest BCUT2D eigenvalue weighted by molar-refractivity contribution is 5.76. The second kappa shape index (κ2) is 13.1. The molecule has 1 aromatic rings. The first-order valence-electron chi connectivity index (χ1n) is 12.9. The highest BCUT2D eigenvalue weighted by Gasteiger charge is 2.24. The maximum absolute atomic E-state index is 12.7. The Balaban J connectivity index is 1.26. The lowest BCUT2D eigenvalue weighted by Gasteiger charge is -2.33. The van der Waals surface area contributed by atoms with Gasteiger partial charge in [-0.2, -0.15) is 0 Å². The SMILES string of the molecule is CC(=O)N1CCC(CCCC2CCN(C(=O)CCN(C)Cc3ccc(CN)cc3)CC2)CC1. The van der Waals surface area contributed by atoms with Gasteiger partial charge in [0, 0.05) is 59.2 Å². The van der Waals surface area contributed by atoms with Gasteiger partial charge < -0.3 is 20.4 Å². The summed E-state index contributed by atoms with van der Waals surface area (Å²) in [5.74, 6) is 2.08. The van der Waals surface area contributed by atoms with Gasteiger partial charge in [-0.05, 0) is 55.7 Å². The number of hydrogen-bond acceptors (Lipinski definition) is 4. The van der Waals surface area contributed by atoms with Gasteiger partial charge in [0.05, 0.1) is 0 Å². The van der Waals surface area contributed by atoms with E-state index in [2.05, 4.69) is 41.1 Å². The number of hydrogen-bond donors (Lipinski definition) is 1. The molecule has 2 aliphatic rings. The van der Waals surface area contributed by atoms with E-state index in [1.807, 2.05) is 4.90 Å². The Morgan fingerprint density at radius 2 is 1.42 bits per heavy atom.